The van der Waals surface area contributed by atoms with E-state index in [4.69, 9.17) is 5.11 Å². The molecule has 0 fully saturated rings. The van der Waals surface area contributed by atoms with E-state index < -0.39 is 5.97 Å². The number of carbonyl (C=O) groups is 2. The fourth-order valence-corrected chi connectivity index (χ4v) is 1.66. The average Bonchev–Trinajstić information content (AvgIpc) is 2.44. The minimum atomic E-state index is -0.910. The van der Waals surface area contributed by atoms with Gasteiger partial charge in [0.25, 0.3) is 5.91 Å². The molecule has 0 aromatic heterocycles. The second-order valence-electron chi connectivity index (χ2n) is 3.21. The molecular weight excluding hydrogens is 182 g/mol. The number of carboxylic acids is 1. The van der Waals surface area contributed by atoms with Crippen LogP contribution in [-0.4, -0.2) is 17.0 Å². The van der Waals surface area contributed by atoms with E-state index in [1.165, 1.54) is 0 Å². The first-order valence-corrected chi connectivity index (χ1v) is 4.30. The van der Waals surface area contributed by atoms with Gasteiger partial charge in [-0.3, -0.25) is 9.59 Å². The highest BCUT2D eigenvalue weighted by atomic mass is 16.4. The number of benzene rings is 1. The maximum absolute atomic E-state index is 11.4. The standard InChI is InChI=1S/C10H9NO3/c12-9(13)5-8-6-3-1-2-4-7(6)10(14)11-8/h1-4,8H,5H2,(H,11,14)(H,12,13)/t8-/m1/s1. The Bertz CT molecular complexity index is 398. The Morgan fingerprint density at radius 3 is 2.86 bits per heavy atom. The van der Waals surface area contributed by atoms with Gasteiger partial charge in [0, 0.05) is 5.56 Å². The lowest BCUT2D eigenvalue weighted by Gasteiger charge is -2.07. The largest absolute Gasteiger partial charge is 0.481 e. The molecule has 0 saturated heterocycles. The van der Waals surface area contributed by atoms with E-state index in [-0.39, 0.29) is 18.4 Å². The van der Waals surface area contributed by atoms with Crippen molar-refractivity contribution in [3.05, 3.63) is 35.4 Å². The predicted molar refractivity (Wildman–Crippen MR) is 48.9 cm³/mol. The van der Waals surface area contributed by atoms with E-state index in [2.05, 4.69) is 5.32 Å². The summed E-state index contributed by atoms with van der Waals surface area (Å²) in [7, 11) is 0. The summed E-state index contributed by atoms with van der Waals surface area (Å²) in [6.45, 7) is 0. The molecule has 0 spiro atoms. The Morgan fingerprint density at radius 1 is 1.43 bits per heavy atom. The minimum absolute atomic E-state index is 0.0667. The fourth-order valence-electron chi connectivity index (χ4n) is 1.66. The monoisotopic (exact) mass is 191 g/mol. The Hall–Kier alpha value is -1.84. The molecule has 0 radical (unpaired) electrons. The SMILES string of the molecule is O=C(O)C[C@H]1NC(=O)c2ccccc21. The number of rotatable bonds is 2. The van der Waals surface area contributed by atoms with Crippen LogP contribution in [0.25, 0.3) is 0 Å². The van der Waals surface area contributed by atoms with Gasteiger partial charge >= 0.3 is 5.97 Å². The molecule has 1 aliphatic rings. The second kappa shape index (κ2) is 3.14. The van der Waals surface area contributed by atoms with Crippen molar-refractivity contribution in [3.63, 3.8) is 0 Å². The van der Waals surface area contributed by atoms with Crippen LogP contribution in [0.3, 0.4) is 0 Å². The van der Waals surface area contributed by atoms with Crippen molar-refractivity contribution in [2.45, 2.75) is 12.5 Å². The zero-order valence-electron chi connectivity index (χ0n) is 7.36. The summed E-state index contributed by atoms with van der Waals surface area (Å²) in [5.74, 6) is -1.10. The van der Waals surface area contributed by atoms with E-state index in [1.807, 2.05) is 0 Å². The number of nitrogens with one attached hydrogen (secondary N) is 1. The molecule has 0 saturated carbocycles. The third kappa shape index (κ3) is 1.35. The zero-order valence-corrected chi connectivity index (χ0v) is 7.36. The Labute approximate surface area is 80.6 Å². The van der Waals surface area contributed by atoms with Crippen LogP contribution < -0.4 is 5.32 Å². The van der Waals surface area contributed by atoms with Gasteiger partial charge in [0.05, 0.1) is 12.5 Å². The molecule has 0 unspecified atom stereocenters. The van der Waals surface area contributed by atoms with Gasteiger partial charge in [0.15, 0.2) is 0 Å². The summed E-state index contributed by atoms with van der Waals surface area (Å²) in [6, 6.07) is 6.67. The van der Waals surface area contributed by atoms with E-state index in [0.29, 0.717) is 5.56 Å². The highest BCUT2D eigenvalue weighted by Gasteiger charge is 2.29. The molecule has 1 atom stereocenters. The normalized spacial score (nSPS) is 18.9. The zero-order chi connectivity index (χ0) is 10.1. The van der Waals surface area contributed by atoms with Crippen LogP contribution >= 0.6 is 0 Å². The van der Waals surface area contributed by atoms with Crippen molar-refractivity contribution in [2.75, 3.05) is 0 Å². The van der Waals surface area contributed by atoms with Crippen molar-refractivity contribution in [2.24, 2.45) is 0 Å². The number of aliphatic carboxylic acids is 1. The number of hydrogen-bond acceptors (Lipinski definition) is 2. The van der Waals surface area contributed by atoms with Gasteiger partial charge in [-0.1, -0.05) is 18.2 Å². The van der Waals surface area contributed by atoms with E-state index >= 15 is 0 Å². The molecule has 1 amide bonds. The van der Waals surface area contributed by atoms with Crippen LogP contribution in [0.2, 0.25) is 0 Å². The van der Waals surface area contributed by atoms with E-state index in [0.717, 1.165) is 5.56 Å². The molecule has 1 aliphatic heterocycles. The maximum Gasteiger partial charge on any atom is 0.305 e. The third-order valence-electron chi connectivity index (χ3n) is 2.26. The molecule has 0 aliphatic carbocycles. The summed E-state index contributed by atoms with van der Waals surface area (Å²) in [4.78, 5) is 21.9. The van der Waals surface area contributed by atoms with E-state index in [1.54, 1.807) is 24.3 Å². The van der Waals surface area contributed by atoms with Gasteiger partial charge in [-0.05, 0) is 11.6 Å². The lowest BCUT2D eigenvalue weighted by Crippen LogP contribution is -2.21. The van der Waals surface area contributed by atoms with Crippen LogP contribution in [-0.2, 0) is 4.79 Å². The molecule has 1 heterocycles. The van der Waals surface area contributed by atoms with Gasteiger partial charge in [-0.25, -0.2) is 0 Å². The molecule has 4 heteroatoms. The van der Waals surface area contributed by atoms with Gasteiger partial charge in [0.2, 0.25) is 0 Å². The van der Waals surface area contributed by atoms with Crippen LogP contribution in [0.5, 0.6) is 0 Å². The molecule has 0 bridgehead atoms. The third-order valence-corrected chi connectivity index (χ3v) is 2.26. The Morgan fingerprint density at radius 2 is 2.14 bits per heavy atom. The van der Waals surface area contributed by atoms with Crippen molar-refractivity contribution in [1.82, 2.24) is 5.32 Å². The van der Waals surface area contributed by atoms with Gasteiger partial charge < -0.3 is 10.4 Å². The Balaban J connectivity index is 2.34. The summed E-state index contributed by atoms with van der Waals surface area (Å²) >= 11 is 0. The quantitative estimate of drug-likeness (QED) is 0.731. The maximum atomic E-state index is 11.4. The first-order valence-electron chi connectivity index (χ1n) is 4.30. The highest BCUT2D eigenvalue weighted by Crippen LogP contribution is 2.27. The topological polar surface area (TPSA) is 66.4 Å². The second-order valence-corrected chi connectivity index (χ2v) is 3.21. The van der Waals surface area contributed by atoms with Crippen molar-refractivity contribution in [1.29, 1.82) is 0 Å². The summed E-state index contributed by atoms with van der Waals surface area (Å²) in [5.41, 5.74) is 1.36. The summed E-state index contributed by atoms with van der Waals surface area (Å²) in [6.07, 6.45) is -0.0667. The highest BCUT2D eigenvalue weighted by molar-refractivity contribution is 5.99. The minimum Gasteiger partial charge on any atom is -0.481 e. The lowest BCUT2D eigenvalue weighted by atomic mass is 10.0. The van der Waals surface area contributed by atoms with Crippen molar-refractivity contribution >= 4 is 11.9 Å². The molecule has 2 rings (SSSR count). The van der Waals surface area contributed by atoms with Gasteiger partial charge in [-0.2, -0.15) is 0 Å². The smallest absolute Gasteiger partial charge is 0.305 e. The van der Waals surface area contributed by atoms with Crippen LogP contribution in [0.4, 0.5) is 0 Å². The molecule has 14 heavy (non-hydrogen) atoms. The Kier molecular flexibility index (Phi) is 1.96. The molecular formula is C10H9NO3. The number of hydrogen-bond donors (Lipinski definition) is 2. The molecule has 72 valence electrons. The first kappa shape index (κ1) is 8.74. The number of carboxylic acid groups (broad SMARTS) is 1. The number of fused-ring (bicyclic) bond motifs is 1. The van der Waals surface area contributed by atoms with Gasteiger partial charge in [-0.15, -0.1) is 0 Å². The van der Waals surface area contributed by atoms with Crippen LogP contribution in [0.1, 0.15) is 28.4 Å². The van der Waals surface area contributed by atoms with E-state index in [9.17, 15) is 9.59 Å². The molecule has 2 N–H and O–H groups in total. The number of carbonyl (C=O) groups excluding carboxylic acids is 1. The molecule has 1 aromatic rings. The summed E-state index contributed by atoms with van der Waals surface area (Å²) < 4.78 is 0. The summed E-state index contributed by atoms with van der Waals surface area (Å²) in [5, 5.41) is 11.3. The van der Waals surface area contributed by atoms with Crippen molar-refractivity contribution in [3.8, 4) is 0 Å². The molecule has 1 aromatic carbocycles. The predicted octanol–water partition coefficient (Wildman–Crippen LogP) is 0.946. The fraction of sp³-hybridized carbons (Fsp3) is 0.200. The number of amides is 1. The van der Waals surface area contributed by atoms with Crippen LogP contribution in [0.15, 0.2) is 24.3 Å². The van der Waals surface area contributed by atoms with Crippen molar-refractivity contribution < 1.29 is 14.7 Å². The van der Waals surface area contributed by atoms with Gasteiger partial charge in [0.1, 0.15) is 0 Å². The first-order chi connectivity index (χ1) is 6.68. The molecule has 4 nitrogen and oxygen atoms in total. The average molecular weight is 191 g/mol. The van der Waals surface area contributed by atoms with Crippen LogP contribution in [0, 0.1) is 0 Å². The lowest BCUT2D eigenvalue weighted by molar-refractivity contribution is -0.137.